The molecule has 1 aromatic carbocycles. The molecule has 0 fully saturated rings. The van der Waals surface area contributed by atoms with Crippen molar-refractivity contribution in [3.8, 4) is 11.3 Å². The fourth-order valence-electron chi connectivity index (χ4n) is 2.11. The second-order valence-corrected chi connectivity index (χ2v) is 4.29. The molecule has 3 heteroatoms. The summed E-state index contributed by atoms with van der Waals surface area (Å²) in [6.07, 6.45) is 5.43. The Morgan fingerprint density at radius 1 is 1.06 bits per heavy atom. The van der Waals surface area contributed by atoms with Crippen molar-refractivity contribution < 1.29 is 0 Å². The molecule has 2 heterocycles. The zero-order valence-corrected chi connectivity index (χ0v) is 10.1. The van der Waals surface area contributed by atoms with Crippen LogP contribution in [0.1, 0.15) is 5.56 Å². The van der Waals surface area contributed by atoms with Gasteiger partial charge in [0.05, 0.1) is 11.4 Å². The first kappa shape index (κ1) is 10.7. The maximum absolute atomic E-state index is 6.13. The number of anilines is 1. The second-order valence-electron chi connectivity index (χ2n) is 4.29. The zero-order chi connectivity index (χ0) is 12.5. The van der Waals surface area contributed by atoms with E-state index in [2.05, 4.69) is 9.97 Å². The lowest BCUT2D eigenvalue weighted by Crippen LogP contribution is -1.96. The minimum atomic E-state index is 0.738. The van der Waals surface area contributed by atoms with Crippen LogP contribution in [0.3, 0.4) is 0 Å². The van der Waals surface area contributed by atoms with Crippen LogP contribution in [0.15, 0.2) is 48.9 Å². The van der Waals surface area contributed by atoms with Crippen molar-refractivity contribution in [2.45, 2.75) is 6.92 Å². The molecule has 0 spiro atoms. The van der Waals surface area contributed by atoms with Gasteiger partial charge in [0, 0.05) is 29.5 Å². The minimum Gasteiger partial charge on any atom is -0.397 e. The lowest BCUT2D eigenvalue weighted by Gasteiger charge is -2.09. The topological polar surface area (TPSA) is 51.8 Å². The number of fused-ring (bicyclic) bond motifs is 1. The van der Waals surface area contributed by atoms with Gasteiger partial charge in [0.25, 0.3) is 0 Å². The molecule has 0 saturated carbocycles. The molecule has 0 unspecified atom stereocenters. The summed E-state index contributed by atoms with van der Waals surface area (Å²) < 4.78 is 0. The van der Waals surface area contributed by atoms with Crippen molar-refractivity contribution in [2.24, 2.45) is 0 Å². The SMILES string of the molecule is Cc1ccnc(-c2cccc3cnccc23)c1N. The van der Waals surface area contributed by atoms with Gasteiger partial charge >= 0.3 is 0 Å². The summed E-state index contributed by atoms with van der Waals surface area (Å²) in [6, 6.07) is 10.0. The molecule has 0 aliphatic rings. The van der Waals surface area contributed by atoms with Gasteiger partial charge in [-0.05, 0) is 30.0 Å². The molecule has 88 valence electrons. The largest absolute Gasteiger partial charge is 0.397 e. The highest BCUT2D eigenvalue weighted by atomic mass is 14.7. The van der Waals surface area contributed by atoms with Crippen molar-refractivity contribution in [1.29, 1.82) is 0 Å². The quantitative estimate of drug-likeness (QED) is 0.704. The average Bonchev–Trinajstić information content (AvgIpc) is 2.41. The first-order chi connectivity index (χ1) is 8.77. The van der Waals surface area contributed by atoms with Gasteiger partial charge in [-0.3, -0.25) is 9.97 Å². The van der Waals surface area contributed by atoms with Crippen LogP contribution in [0.2, 0.25) is 0 Å². The Kier molecular flexibility index (Phi) is 2.45. The van der Waals surface area contributed by atoms with E-state index < -0.39 is 0 Å². The fourth-order valence-corrected chi connectivity index (χ4v) is 2.11. The smallest absolute Gasteiger partial charge is 0.0940 e. The Hall–Kier alpha value is -2.42. The highest BCUT2D eigenvalue weighted by molar-refractivity contribution is 5.97. The number of hydrogen-bond donors (Lipinski definition) is 1. The number of nitrogen functional groups attached to an aromatic ring is 1. The Bertz CT molecular complexity index is 715. The molecule has 0 aliphatic carbocycles. The van der Waals surface area contributed by atoms with Crippen LogP contribution in [0.25, 0.3) is 22.0 Å². The number of aromatic nitrogens is 2. The van der Waals surface area contributed by atoms with E-state index >= 15 is 0 Å². The molecular weight excluding hydrogens is 222 g/mol. The number of hydrogen-bond acceptors (Lipinski definition) is 3. The zero-order valence-electron chi connectivity index (χ0n) is 10.1. The number of aryl methyl sites for hydroxylation is 1. The summed E-state index contributed by atoms with van der Waals surface area (Å²) in [6.45, 7) is 1.99. The number of nitrogens with zero attached hydrogens (tertiary/aromatic N) is 2. The van der Waals surface area contributed by atoms with Crippen LogP contribution >= 0.6 is 0 Å². The van der Waals surface area contributed by atoms with Gasteiger partial charge < -0.3 is 5.73 Å². The van der Waals surface area contributed by atoms with Crippen molar-refractivity contribution in [3.05, 3.63) is 54.5 Å². The Labute approximate surface area is 105 Å². The van der Waals surface area contributed by atoms with Crippen LogP contribution in [-0.4, -0.2) is 9.97 Å². The number of rotatable bonds is 1. The molecule has 18 heavy (non-hydrogen) atoms. The standard InChI is InChI=1S/C15H13N3/c1-10-5-8-18-15(14(10)16)13-4-2-3-11-9-17-7-6-12(11)13/h2-9H,16H2,1H3. The molecular formula is C15H13N3. The Balaban J connectivity index is 2.35. The minimum absolute atomic E-state index is 0.738. The number of pyridine rings is 2. The molecule has 0 amide bonds. The summed E-state index contributed by atoms with van der Waals surface area (Å²) in [5, 5.41) is 2.22. The van der Waals surface area contributed by atoms with Crippen LogP contribution in [0, 0.1) is 6.92 Å². The van der Waals surface area contributed by atoms with Gasteiger partial charge in [-0.15, -0.1) is 0 Å². The van der Waals surface area contributed by atoms with E-state index in [1.165, 1.54) is 0 Å². The van der Waals surface area contributed by atoms with Crippen LogP contribution in [0.4, 0.5) is 5.69 Å². The van der Waals surface area contributed by atoms with Gasteiger partial charge in [-0.1, -0.05) is 18.2 Å². The van der Waals surface area contributed by atoms with E-state index in [4.69, 9.17) is 5.73 Å². The van der Waals surface area contributed by atoms with Gasteiger partial charge in [0.1, 0.15) is 0 Å². The Morgan fingerprint density at radius 2 is 1.94 bits per heavy atom. The molecule has 0 aliphatic heterocycles. The molecule has 0 bridgehead atoms. The molecule has 3 nitrogen and oxygen atoms in total. The van der Waals surface area contributed by atoms with E-state index in [-0.39, 0.29) is 0 Å². The second kappa shape index (κ2) is 4.11. The summed E-state index contributed by atoms with van der Waals surface area (Å²) in [4.78, 5) is 8.55. The van der Waals surface area contributed by atoms with Gasteiger partial charge in [0.15, 0.2) is 0 Å². The average molecular weight is 235 g/mol. The third-order valence-electron chi connectivity index (χ3n) is 3.14. The summed E-state index contributed by atoms with van der Waals surface area (Å²) in [7, 11) is 0. The van der Waals surface area contributed by atoms with Crippen molar-refractivity contribution in [2.75, 3.05) is 5.73 Å². The molecule has 3 rings (SSSR count). The summed E-state index contributed by atoms with van der Waals surface area (Å²) >= 11 is 0. The molecule has 2 aromatic heterocycles. The normalized spacial score (nSPS) is 10.7. The molecule has 0 saturated heterocycles. The highest BCUT2D eigenvalue weighted by Crippen LogP contribution is 2.31. The lowest BCUT2D eigenvalue weighted by molar-refractivity contribution is 1.29. The highest BCUT2D eigenvalue weighted by Gasteiger charge is 2.09. The third-order valence-corrected chi connectivity index (χ3v) is 3.14. The molecule has 2 N–H and O–H groups in total. The maximum Gasteiger partial charge on any atom is 0.0940 e. The van der Waals surface area contributed by atoms with Crippen molar-refractivity contribution in [1.82, 2.24) is 9.97 Å². The molecule has 3 aromatic rings. The van der Waals surface area contributed by atoms with E-state index in [1.54, 1.807) is 12.4 Å². The number of benzene rings is 1. The van der Waals surface area contributed by atoms with E-state index in [0.29, 0.717) is 0 Å². The van der Waals surface area contributed by atoms with Crippen LogP contribution < -0.4 is 5.73 Å². The van der Waals surface area contributed by atoms with Gasteiger partial charge in [0.2, 0.25) is 0 Å². The number of nitrogens with two attached hydrogens (primary N) is 1. The van der Waals surface area contributed by atoms with Gasteiger partial charge in [-0.25, -0.2) is 0 Å². The lowest BCUT2D eigenvalue weighted by atomic mass is 10.0. The molecule has 0 radical (unpaired) electrons. The summed E-state index contributed by atoms with van der Waals surface area (Å²) in [5.41, 5.74) is 9.80. The van der Waals surface area contributed by atoms with E-state index in [1.807, 2.05) is 43.5 Å². The predicted octanol–water partition coefficient (Wildman–Crippen LogP) is 3.19. The first-order valence-corrected chi connectivity index (χ1v) is 5.81. The van der Waals surface area contributed by atoms with Crippen molar-refractivity contribution >= 4 is 16.5 Å². The predicted molar refractivity (Wildman–Crippen MR) is 74.1 cm³/mol. The van der Waals surface area contributed by atoms with Crippen molar-refractivity contribution in [3.63, 3.8) is 0 Å². The molecule has 0 atom stereocenters. The van der Waals surface area contributed by atoms with E-state index in [0.717, 1.165) is 33.3 Å². The van der Waals surface area contributed by atoms with Crippen LogP contribution in [0.5, 0.6) is 0 Å². The monoisotopic (exact) mass is 235 g/mol. The fraction of sp³-hybridized carbons (Fsp3) is 0.0667. The van der Waals surface area contributed by atoms with Crippen LogP contribution in [-0.2, 0) is 0 Å². The summed E-state index contributed by atoms with van der Waals surface area (Å²) in [5.74, 6) is 0. The Morgan fingerprint density at radius 3 is 2.83 bits per heavy atom. The maximum atomic E-state index is 6.13. The third kappa shape index (κ3) is 1.61. The van der Waals surface area contributed by atoms with E-state index in [9.17, 15) is 0 Å². The first-order valence-electron chi connectivity index (χ1n) is 5.81. The van der Waals surface area contributed by atoms with Gasteiger partial charge in [-0.2, -0.15) is 0 Å².